The summed E-state index contributed by atoms with van der Waals surface area (Å²) in [5.41, 5.74) is 1.36. The molecule has 1 N–H and O–H groups in total. The van der Waals surface area contributed by atoms with E-state index in [1.165, 1.54) is 12.1 Å². The quantitative estimate of drug-likeness (QED) is 0.647. The van der Waals surface area contributed by atoms with Gasteiger partial charge in [0.15, 0.2) is 11.0 Å². The molecule has 0 radical (unpaired) electrons. The lowest BCUT2D eigenvalue weighted by atomic mass is 10.00. The fourth-order valence-corrected chi connectivity index (χ4v) is 4.66. The van der Waals surface area contributed by atoms with Gasteiger partial charge < -0.3 is 14.4 Å². The molecule has 9 nitrogen and oxygen atoms in total. The predicted molar refractivity (Wildman–Crippen MR) is 107 cm³/mol. The van der Waals surface area contributed by atoms with Crippen molar-refractivity contribution in [3.8, 4) is 11.5 Å². The van der Waals surface area contributed by atoms with Gasteiger partial charge in [0.25, 0.3) is 10.0 Å². The molecule has 0 unspecified atom stereocenters. The molecule has 0 aliphatic carbocycles. The first kappa shape index (κ1) is 19.7. The van der Waals surface area contributed by atoms with Crippen LogP contribution in [0, 0.1) is 0 Å². The second kappa shape index (κ2) is 7.36. The van der Waals surface area contributed by atoms with E-state index < -0.39 is 10.0 Å². The molecule has 1 atom stereocenters. The van der Waals surface area contributed by atoms with Gasteiger partial charge in [-0.2, -0.15) is 0 Å². The summed E-state index contributed by atoms with van der Waals surface area (Å²) in [5, 5.41) is 7.60. The molecular weight excluding hydrogens is 420 g/mol. The molecule has 0 fully saturated rings. The summed E-state index contributed by atoms with van der Waals surface area (Å²) in [7, 11) is 1.49. The zero-order valence-corrected chi connectivity index (χ0v) is 17.5. The summed E-state index contributed by atoms with van der Waals surface area (Å²) < 4.78 is 44.8. The van der Waals surface area contributed by atoms with Gasteiger partial charge in [-0.15, -0.1) is 0 Å². The number of aromatic nitrogens is 2. The van der Waals surface area contributed by atoms with E-state index >= 15 is 0 Å². The maximum Gasteiger partial charge on any atom is 0.264 e. The Bertz CT molecular complexity index is 1180. The fourth-order valence-electron chi connectivity index (χ4n) is 3.28. The van der Waals surface area contributed by atoms with E-state index in [0.29, 0.717) is 30.2 Å². The lowest BCUT2D eigenvalue weighted by molar-refractivity contribution is 0.164. The van der Waals surface area contributed by atoms with E-state index in [-0.39, 0.29) is 27.0 Å². The number of nitrogens with one attached hydrogen (secondary N) is 1. The zero-order valence-electron chi connectivity index (χ0n) is 16.0. The maximum absolute atomic E-state index is 13.1. The number of sulfonamides is 1. The number of halogens is 1. The van der Waals surface area contributed by atoms with Crippen LogP contribution in [0.3, 0.4) is 0 Å². The number of benzene rings is 2. The Morgan fingerprint density at radius 2 is 1.97 bits per heavy atom. The number of nitrogens with zero attached hydrogens (tertiary/aromatic N) is 3. The van der Waals surface area contributed by atoms with Crippen molar-refractivity contribution in [3.05, 3.63) is 34.9 Å². The first-order valence-electron chi connectivity index (χ1n) is 8.74. The highest BCUT2D eigenvalue weighted by Gasteiger charge is 2.29. The van der Waals surface area contributed by atoms with Gasteiger partial charge in [0.05, 0.1) is 17.8 Å². The molecule has 4 rings (SSSR count). The molecule has 0 amide bonds. The average molecular weight is 439 g/mol. The van der Waals surface area contributed by atoms with Crippen LogP contribution in [0.1, 0.15) is 5.56 Å². The Morgan fingerprint density at radius 1 is 1.21 bits per heavy atom. The number of anilines is 1. The van der Waals surface area contributed by atoms with E-state index in [9.17, 15) is 8.42 Å². The van der Waals surface area contributed by atoms with Crippen molar-refractivity contribution in [3.63, 3.8) is 0 Å². The maximum atomic E-state index is 13.1. The highest BCUT2D eigenvalue weighted by Crippen LogP contribution is 2.41. The normalized spacial score (nSPS) is 16.5. The monoisotopic (exact) mass is 438 g/mol. The molecule has 0 saturated carbocycles. The van der Waals surface area contributed by atoms with Crippen LogP contribution in [0.25, 0.3) is 11.0 Å². The summed E-state index contributed by atoms with van der Waals surface area (Å²) in [6.45, 7) is 0.431. The van der Waals surface area contributed by atoms with Crippen LogP contribution >= 0.6 is 11.6 Å². The summed E-state index contributed by atoms with van der Waals surface area (Å²) in [5.74, 6) is 1.10. The molecule has 2 aromatic carbocycles. The minimum absolute atomic E-state index is 0.0565. The van der Waals surface area contributed by atoms with Gasteiger partial charge in [-0.3, -0.25) is 4.72 Å². The van der Waals surface area contributed by atoms with Crippen LogP contribution in [0.2, 0.25) is 5.02 Å². The first-order chi connectivity index (χ1) is 13.8. The summed E-state index contributed by atoms with van der Waals surface area (Å²) >= 11 is 6.03. The smallest absolute Gasteiger partial charge is 0.264 e. The van der Waals surface area contributed by atoms with Crippen LogP contribution in [-0.2, 0) is 16.4 Å². The van der Waals surface area contributed by atoms with Gasteiger partial charge >= 0.3 is 0 Å². The molecule has 0 bridgehead atoms. The molecule has 1 aliphatic rings. The topological polar surface area (TPSA) is 107 Å². The SMILES string of the molecule is COc1ccc(NS(=O)(=O)c2ccc(Cl)c3nonc23)c2c1C[C@@H](N(C)C)CO2. The molecule has 0 saturated heterocycles. The van der Waals surface area contributed by atoms with Crippen LogP contribution in [-0.4, -0.2) is 57.5 Å². The van der Waals surface area contributed by atoms with Crippen molar-refractivity contribution in [2.24, 2.45) is 0 Å². The van der Waals surface area contributed by atoms with Crippen molar-refractivity contribution >= 4 is 38.3 Å². The number of rotatable bonds is 5. The average Bonchev–Trinajstić information content (AvgIpc) is 3.18. The summed E-state index contributed by atoms with van der Waals surface area (Å²) in [6, 6.07) is 6.27. The number of hydrogen-bond acceptors (Lipinski definition) is 8. The third-order valence-corrected chi connectivity index (χ3v) is 6.59. The third kappa shape index (κ3) is 3.47. The minimum atomic E-state index is -4.01. The van der Waals surface area contributed by atoms with E-state index in [1.54, 1.807) is 19.2 Å². The Balaban J connectivity index is 1.75. The van der Waals surface area contributed by atoms with E-state index in [1.807, 2.05) is 14.1 Å². The Labute approximate surface area is 172 Å². The van der Waals surface area contributed by atoms with Crippen molar-refractivity contribution in [2.75, 3.05) is 32.5 Å². The van der Waals surface area contributed by atoms with Gasteiger partial charge in [0.1, 0.15) is 23.0 Å². The molecule has 11 heteroatoms. The number of fused-ring (bicyclic) bond motifs is 2. The summed E-state index contributed by atoms with van der Waals surface area (Å²) in [4.78, 5) is 1.96. The van der Waals surface area contributed by atoms with Crippen LogP contribution in [0.5, 0.6) is 11.5 Å². The third-order valence-electron chi connectivity index (χ3n) is 4.89. The second-order valence-corrected chi connectivity index (χ2v) is 8.93. The minimum Gasteiger partial charge on any atom is -0.496 e. The molecule has 3 aromatic rings. The highest BCUT2D eigenvalue weighted by molar-refractivity contribution is 7.93. The second-order valence-electron chi connectivity index (χ2n) is 6.87. The molecular formula is C18H19ClN4O5S. The van der Waals surface area contributed by atoms with E-state index in [2.05, 4.69) is 24.6 Å². The van der Waals surface area contributed by atoms with Crippen molar-refractivity contribution < 1.29 is 22.5 Å². The number of likely N-dealkylation sites (N-methyl/N-ethyl adjacent to an activating group) is 1. The predicted octanol–water partition coefficient (Wildman–Crippen LogP) is 2.55. The van der Waals surface area contributed by atoms with Crippen molar-refractivity contribution in [1.82, 2.24) is 15.2 Å². The van der Waals surface area contributed by atoms with Crippen molar-refractivity contribution in [1.29, 1.82) is 0 Å². The summed E-state index contributed by atoms with van der Waals surface area (Å²) in [6.07, 6.45) is 0.666. The van der Waals surface area contributed by atoms with Crippen LogP contribution in [0.15, 0.2) is 33.8 Å². The lowest BCUT2D eigenvalue weighted by Crippen LogP contribution is -2.38. The van der Waals surface area contributed by atoms with Gasteiger partial charge in [-0.25, -0.2) is 13.0 Å². The molecule has 29 heavy (non-hydrogen) atoms. The van der Waals surface area contributed by atoms with Gasteiger partial charge in [-0.1, -0.05) is 11.6 Å². The Morgan fingerprint density at radius 3 is 2.69 bits per heavy atom. The van der Waals surface area contributed by atoms with Gasteiger partial charge in [0.2, 0.25) is 0 Å². The van der Waals surface area contributed by atoms with Crippen LogP contribution in [0.4, 0.5) is 5.69 Å². The van der Waals surface area contributed by atoms with Gasteiger partial charge in [0, 0.05) is 11.6 Å². The Kier molecular flexibility index (Phi) is 5.01. The van der Waals surface area contributed by atoms with E-state index in [0.717, 1.165) is 5.56 Å². The number of ether oxygens (including phenoxy) is 2. The largest absolute Gasteiger partial charge is 0.496 e. The number of methoxy groups -OCH3 is 1. The first-order valence-corrected chi connectivity index (χ1v) is 10.6. The van der Waals surface area contributed by atoms with Crippen LogP contribution < -0.4 is 14.2 Å². The molecule has 1 aromatic heterocycles. The molecule has 2 heterocycles. The van der Waals surface area contributed by atoms with Gasteiger partial charge in [-0.05, 0) is 55.1 Å². The van der Waals surface area contributed by atoms with Crippen molar-refractivity contribution in [2.45, 2.75) is 17.4 Å². The lowest BCUT2D eigenvalue weighted by Gasteiger charge is -2.32. The fraction of sp³-hybridized carbons (Fsp3) is 0.333. The standard InChI is InChI=1S/C18H19ClN4O5S/c1-23(2)10-8-11-14(26-3)6-5-13(18(11)27-9-10)22-29(24,25)15-7-4-12(19)16-17(15)21-28-20-16/h4-7,10,22H,8-9H2,1-3H3/t10-/m1/s1. The van der Waals surface area contributed by atoms with E-state index in [4.69, 9.17) is 21.1 Å². The Hall–Kier alpha value is -2.56. The number of hydrogen-bond donors (Lipinski definition) is 1. The molecule has 154 valence electrons. The molecule has 1 aliphatic heterocycles. The molecule has 0 spiro atoms. The highest BCUT2D eigenvalue weighted by atomic mass is 35.5. The zero-order chi connectivity index (χ0) is 20.8.